The number of carbonyl (C=O) groups excluding carboxylic acids is 1. The molecule has 0 fully saturated rings. The first-order chi connectivity index (χ1) is 8.52. The number of aliphatic hydroxyl groups excluding tert-OH is 1. The summed E-state index contributed by atoms with van der Waals surface area (Å²) in [7, 11) is 0. The lowest BCUT2D eigenvalue weighted by molar-refractivity contribution is -0.140. The number of nitrogens with zero attached hydrogens (tertiary/aromatic N) is 1. The predicted molar refractivity (Wildman–Crippen MR) is 65.6 cm³/mol. The molecule has 0 spiro atoms. The molecule has 1 heterocycles. The second kappa shape index (κ2) is 6.92. The minimum Gasteiger partial charge on any atom is -0.480 e. The molecule has 0 aliphatic heterocycles. The van der Waals surface area contributed by atoms with Crippen LogP contribution in [0.15, 0.2) is 5.38 Å². The number of hydrogen-bond donors (Lipinski definition) is 4. The Balaban J connectivity index is 2.26. The van der Waals surface area contributed by atoms with E-state index in [0.717, 1.165) is 10.7 Å². The predicted octanol–water partition coefficient (Wildman–Crippen LogP) is -0.261. The topological polar surface area (TPSA) is 112 Å². The van der Waals surface area contributed by atoms with Gasteiger partial charge in [-0.05, 0) is 6.92 Å². The summed E-state index contributed by atoms with van der Waals surface area (Å²) in [6.07, 6.45) is 0.578. The minimum atomic E-state index is -1.29. The van der Waals surface area contributed by atoms with Crippen molar-refractivity contribution in [1.29, 1.82) is 0 Å². The minimum absolute atomic E-state index is 0.354. The lowest BCUT2D eigenvalue weighted by Gasteiger charge is -2.12. The molecule has 4 N–H and O–H groups in total. The highest BCUT2D eigenvalue weighted by molar-refractivity contribution is 7.09. The number of thiazole rings is 1. The standard InChI is InChI=1S/C10H15N3O4S/c1-6-12-7(5-18-6)2-3-11-10(17)13-8(4-14)9(15)16/h5,8,14H,2-4H2,1H3,(H,15,16)(H2,11,13,17). The lowest BCUT2D eigenvalue weighted by Crippen LogP contribution is -2.48. The van der Waals surface area contributed by atoms with Gasteiger partial charge in [-0.3, -0.25) is 0 Å². The van der Waals surface area contributed by atoms with E-state index in [1.165, 1.54) is 11.3 Å². The number of aliphatic hydroxyl groups is 1. The molecule has 1 aromatic rings. The van der Waals surface area contributed by atoms with Gasteiger partial charge in [0.25, 0.3) is 0 Å². The van der Waals surface area contributed by atoms with Crippen LogP contribution in [0.1, 0.15) is 10.7 Å². The van der Waals surface area contributed by atoms with Crippen LogP contribution in [0.25, 0.3) is 0 Å². The number of aromatic nitrogens is 1. The van der Waals surface area contributed by atoms with Crippen LogP contribution in [-0.2, 0) is 11.2 Å². The van der Waals surface area contributed by atoms with Gasteiger partial charge in [0.1, 0.15) is 0 Å². The van der Waals surface area contributed by atoms with Crippen LogP contribution in [0.4, 0.5) is 4.79 Å². The van der Waals surface area contributed by atoms with Crippen molar-refractivity contribution in [2.24, 2.45) is 0 Å². The zero-order valence-corrected chi connectivity index (χ0v) is 10.7. The number of rotatable bonds is 6. The molecule has 1 rings (SSSR count). The van der Waals surface area contributed by atoms with Gasteiger partial charge < -0.3 is 20.8 Å². The summed E-state index contributed by atoms with van der Waals surface area (Å²) in [6.45, 7) is 1.60. The Kier molecular flexibility index (Phi) is 5.53. The molecule has 1 aromatic heterocycles. The number of urea groups is 1. The van der Waals surface area contributed by atoms with E-state index in [4.69, 9.17) is 10.2 Å². The van der Waals surface area contributed by atoms with E-state index in [0.29, 0.717) is 13.0 Å². The summed E-state index contributed by atoms with van der Waals surface area (Å²) in [5, 5.41) is 24.8. The van der Waals surface area contributed by atoms with Crippen molar-refractivity contribution in [2.75, 3.05) is 13.2 Å². The van der Waals surface area contributed by atoms with Crippen LogP contribution in [-0.4, -0.2) is 46.4 Å². The fourth-order valence-corrected chi connectivity index (χ4v) is 1.87. The number of nitrogens with one attached hydrogen (secondary N) is 2. The molecule has 100 valence electrons. The maximum atomic E-state index is 11.3. The zero-order chi connectivity index (χ0) is 13.5. The van der Waals surface area contributed by atoms with Gasteiger partial charge in [0.2, 0.25) is 0 Å². The van der Waals surface area contributed by atoms with Crippen LogP contribution in [0.2, 0.25) is 0 Å². The highest BCUT2D eigenvalue weighted by Gasteiger charge is 2.18. The molecule has 0 aliphatic rings. The molecule has 0 saturated heterocycles. The summed E-state index contributed by atoms with van der Waals surface area (Å²) in [5.41, 5.74) is 0.884. The normalized spacial score (nSPS) is 11.9. The number of amides is 2. The molecular formula is C10H15N3O4S. The fraction of sp³-hybridized carbons (Fsp3) is 0.500. The Labute approximate surface area is 108 Å². The molecule has 0 radical (unpaired) electrons. The van der Waals surface area contributed by atoms with Crippen molar-refractivity contribution in [3.05, 3.63) is 16.1 Å². The summed E-state index contributed by atoms with van der Waals surface area (Å²) >= 11 is 1.53. The number of aliphatic carboxylic acids is 1. The third kappa shape index (κ3) is 4.68. The third-order valence-corrected chi connectivity index (χ3v) is 2.94. The van der Waals surface area contributed by atoms with E-state index in [9.17, 15) is 9.59 Å². The van der Waals surface area contributed by atoms with Crippen LogP contribution < -0.4 is 10.6 Å². The first kappa shape index (κ1) is 14.4. The molecule has 8 heteroatoms. The van der Waals surface area contributed by atoms with Gasteiger partial charge in [-0.1, -0.05) is 0 Å². The van der Waals surface area contributed by atoms with Gasteiger partial charge >= 0.3 is 12.0 Å². The van der Waals surface area contributed by atoms with Crippen LogP contribution in [0.3, 0.4) is 0 Å². The maximum absolute atomic E-state index is 11.3. The van der Waals surface area contributed by atoms with Crippen LogP contribution in [0, 0.1) is 6.92 Å². The summed E-state index contributed by atoms with van der Waals surface area (Å²) in [5.74, 6) is -1.28. The number of hydrogen-bond acceptors (Lipinski definition) is 5. The summed E-state index contributed by atoms with van der Waals surface area (Å²) < 4.78 is 0. The van der Waals surface area contributed by atoms with Crippen LogP contribution in [0.5, 0.6) is 0 Å². The van der Waals surface area contributed by atoms with E-state index < -0.39 is 24.6 Å². The molecule has 18 heavy (non-hydrogen) atoms. The van der Waals surface area contributed by atoms with Crippen molar-refractivity contribution in [2.45, 2.75) is 19.4 Å². The second-order valence-corrected chi connectivity index (χ2v) is 4.64. The number of carboxylic acids is 1. The molecule has 0 aromatic carbocycles. The zero-order valence-electron chi connectivity index (χ0n) is 9.84. The monoisotopic (exact) mass is 273 g/mol. The third-order valence-electron chi connectivity index (χ3n) is 2.12. The van der Waals surface area contributed by atoms with Crippen molar-refractivity contribution >= 4 is 23.3 Å². The number of carbonyl (C=O) groups is 2. The maximum Gasteiger partial charge on any atom is 0.328 e. The molecule has 0 saturated carbocycles. The van der Waals surface area contributed by atoms with E-state index in [2.05, 4.69) is 15.6 Å². The molecule has 7 nitrogen and oxygen atoms in total. The van der Waals surface area contributed by atoms with E-state index in [1.54, 1.807) is 0 Å². The molecule has 0 aliphatic carbocycles. The first-order valence-electron chi connectivity index (χ1n) is 5.32. The Morgan fingerprint density at radius 3 is 2.78 bits per heavy atom. The number of carboxylic acid groups (broad SMARTS) is 1. The van der Waals surface area contributed by atoms with Gasteiger partial charge in [0.05, 0.1) is 17.3 Å². The van der Waals surface area contributed by atoms with Crippen molar-refractivity contribution in [1.82, 2.24) is 15.6 Å². The van der Waals surface area contributed by atoms with E-state index in [1.807, 2.05) is 12.3 Å². The van der Waals surface area contributed by atoms with Crippen LogP contribution >= 0.6 is 11.3 Å². The molecule has 1 atom stereocenters. The Hall–Kier alpha value is -1.67. The first-order valence-corrected chi connectivity index (χ1v) is 6.20. The Morgan fingerprint density at radius 1 is 1.56 bits per heavy atom. The molecule has 0 bridgehead atoms. The van der Waals surface area contributed by atoms with E-state index in [-0.39, 0.29) is 0 Å². The second-order valence-electron chi connectivity index (χ2n) is 3.58. The Morgan fingerprint density at radius 2 is 2.28 bits per heavy atom. The number of aryl methyl sites for hydroxylation is 1. The van der Waals surface area contributed by atoms with Gasteiger partial charge in [0, 0.05) is 18.3 Å². The highest BCUT2D eigenvalue weighted by Crippen LogP contribution is 2.07. The summed E-state index contributed by atoms with van der Waals surface area (Å²) in [4.78, 5) is 26.1. The average Bonchev–Trinajstić information content (AvgIpc) is 2.71. The van der Waals surface area contributed by atoms with Gasteiger partial charge in [-0.15, -0.1) is 11.3 Å². The van der Waals surface area contributed by atoms with Gasteiger partial charge in [-0.2, -0.15) is 0 Å². The SMILES string of the molecule is Cc1nc(CCNC(=O)NC(CO)C(=O)O)cs1. The van der Waals surface area contributed by atoms with Crippen molar-refractivity contribution in [3.8, 4) is 0 Å². The average molecular weight is 273 g/mol. The largest absolute Gasteiger partial charge is 0.480 e. The fourth-order valence-electron chi connectivity index (χ4n) is 1.22. The molecular weight excluding hydrogens is 258 g/mol. The van der Waals surface area contributed by atoms with Gasteiger partial charge in [0.15, 0.2) is 6.04 Å². The lowest BCUT2D eigenvalue weighted by atomic mass is 10.3. The van der Waals surface area contributed by atoms with Gasteiger partial charge in [-0.25, -0.2) is 14.6 Å². The van der Waals surface area contributed by atoms with E-state index >= 15 is 0 Å². The smallest absolute Gasteiger partial charge is 0.328 e. The van der Waals surface area contributed by atoms with Crippen molar-refractivity contribution in [3.63, 3.8) is 0 Å². The summed E-state index contributed by atoms with van der Waals surface area (Å²) in [6, 6.07) is -1.91. The Bertz CT molecular complexity index is 421. The van der Waals surface area contributed by atoms with Crippen molar-refractivity contribution < 1.29 is 19.8 Å². The molecule has 1 unspecified atom stereocenters. The quantitative estimate of drug-likeness (QED) is 0.570. The molecule has 2 amide bonds. The highest BCUT2D eigenvalue weighted by atomic mass is 32.1.